The third-order valence-electron chi connectivity index (χ3n) is 4.15. The number of rotatable bonds is 0. The lowest BCUT2D eigenvalue weighted by Gasteiger charge is -2.32. The van der Waals surface area contributed by atoms with E-state index >= 15 is 0 Å². The van der Waals surface area contributed by atoms with E-state index in [9.17, 15) is 0 Å². The van der Waals surface area contributed by atoms with Crippen molar-refractivity contribution in [1.29, 1.82) is 0 Å². The first-order chi connectivity index (χ1) is 4.56. The summed E-state index contributed by atoms with van der Waals surface area (Å²) in [6.07, 6.45) is 2.82. The lowest BCUT2D eigenvalue weighted by atomic mass is 9.71. The van der Waals surface area contributed by atoms with E-state index in [0.717, 1.165) is 6.04 Å². The summed E-state index contributed by atoms with van der Waals surface area (Å²) < 4.78 is 0. The Morgan fingerprint density at radius 2 is 2.00 bits per heavy atom. The van der Waals surface area contributed by atoms with E-state index in [1.165, 1.54) is 19.4 Å². The van der Waals surface area contributed by atoms with Gasteiger partial charge in [-0.05, 0) is 23.7 Å². The molecule has 0 amide bonds. The Kier molecular flexibility index (Phi) is 1.05. The molecule has 1 saturated heterocycles. The first kappa shape index (κ1) is 6.66. The van der Waals surface area contributed by atoms with Gasteiger partial charge in [-0.25, -0.2) is 0 Å². The summed E-state index contributed by atoms with van der Waals surface area (Å²) in [6.45, 7) is 8.48. The summed E-state index contributed by atoms with van der Waals surface area (Å²) in [5, 5.41) is 3.59. The Morgan fingerprint density at radius 1 is 1.30 bits per heavy atom. The van der Waals surface area contributed by atoms with E-state index in [1.54, 1.807) is 0 Å². The summed E-state index contributed by atoms with van der Waals surface area (Å²) >= 11 is 0. The molecule has 2 unspecified atom stereocenters. The minimum Gasteiger partial charge on any atom is -0.313 e. The van der Waals surface area contributed by atoms with E-state index in [2.05, 4.69) is 26.1 Å². The Balaban J connectivity index is 2.37. The van der Waals surface area contributed by atoms with Crippen molar-refractivity contribution in [3.05, 3.63) is 0 Å². The molecule has 1 nitrogen and oxygen atoms in total. The summed E-state index contributed by atoms with van der Waals surface area (Å²) in [5.41, 5.74) is 1.14. The van der Waals surface area contributed by atoms with Gasteiger partial charge in [0.15, 0.2) is 0 Å². The molecule has 0 aromatic heterocycles. The van der Waals surface area contributed by atoms with Gasteiger partial charge in [-0.2, -0.15) is 0 Å². The maximum absolute atomic E-state index is 3.59. The van der Waals surface area contributed by atoms with Crippen LogP contribution in [0.5, 0.6) is 0 Å². The van der Waals surface area contributed by atoms with E-state index < -0.39 is 0 Å². The van der Waals surface area contributed by atoms with E-state index in [1.807, 2.05) is 0 Å². The van der Waals surface area contributed by atoms with Crippen LogP contribution < -0.4 is 5.32 Å². The molecule has 1 heterocycles. The molecule has 2 aliphatic rings. The second-order valence-electron chi connectivity index (χ2n) is 4.75. The lowest BCUT2D eigenvalue weighted by molar-refractivity contribution is 0.182. The average Bonchev–Trinajstić information content (AvgIpc) is 2.18. The summed E-state index contributed by atoms with van der Waals surface area (Å²) in [5.74, 6) is 0. The molecule has 1 saturated carbocycles. The first-order valence-corrected chi connectivity index (χ1v) is 4.30. The van der Waals surface area contributed by atoms with Gasteiger partial charge in [0.05, 0.1) is 0 Å². The predicted molar refractivity (Wildman–Crippen MR) is 42.9 cm³/mol. The highest BCUT2D eigenvalue weighted by atomic mass is 15.0. The molecule has 1 aliphatic carbocycles. The van der Waals surface area contributed by atoms with E-state index in [-0.39, 0.29) is 0 Å². The second kappa shape index (κ2) is 1.58. The van der Waals surface area contributed by atoms with Gasteiger partial charge in [0.2, 0.25) is 0 Å². The van der Waals surface area contributed by atoms with Crippen molar-refractivity contribution in [3.63, 3.8) is 0 Å². The van der Waals surface area contributed by atoms with Gasteiger partial charge in [-0.3, -0.25) is 0 Å². The summed E-state index contributed by atoms with van der Waals surface area (Å²) in [6, 6.07) is 0.803. The number of hydrogen-bond acceptors (Lipinski definition) is 1. The number of piperidine rings is 1. The molecule has 0 aromatic rings. The Morgan fingerprint density at radius 3 is 2.10 bits per heavy atom. The molecule has 0 aromatic carbocycles. The Bertz CT molecular complexity index is 149. The van der Waals surface area contributed by atoms with Crippen molar-refractivity contribution in [2.75, 3.05) is 6.54 Å². The van der Waals surface area contributed by atoms with E-state index in [0.29, 0.717) is 10.8 Å². The van der Waals surface area contributed by atoms with E-state index in [4.69, 9.17) is 0 Å². The topological polar surface area (TPSA) is 12.0 Å². The van der Waals surface area contributed by atoms with Crippen molar-refractivity contribution < 1.29 is 0 Å². The molecule has 2 bridgehead atoms. The highest BCUT2D eigenvalue weighted by Crippen LogP contribution is 2.55. The summed E-state index contributed by atoms with van der Waals surface area (Å²) in [4.78, 5) is 0. The molecule has 58 valence electrons. The smallest absolute Gasteiger partial charge is 0.0124 e. The van der Waals surface area contributed by atoms with Gasteiger partial charge in [0.1, 0.15) is 0 Å². The van der Waals surface area contributed by atoms with Crippen LogP contribution >= 0.6 is 0 Å². The van der Waals surface area contributed by atoms with Gasteiger partial charge in [0, 0.05) is 12.6 Å². The molecule has 2 atom stereocenters. The van der Waals surface area contributed by atoms with Crippen molar-refractivity contribution in [3.8, 4) is 0 Å². The lowest BCUT2D eigenvalue weighted by Crippen LogP contribution is -2.30. The maximum Gasteiger partial charge on any atom is 0.0124 e. The van der Waals surface area contributed by atoms with Crippen molar-refractivity contribution in [1.82, 2.24) is 5.32 Å². The zero-order chi connectivity index (χ0) is 7.41. The van der Waals surface area contributed by atoms with Crippen LogP contribution in [-0.2, 0) is 0 Å². The fraction of sp³-hybridized carbons (Fsp3) is 1.00. The number of nitrogens with one attached hydrogen (secondary N) is 1. The third kappa shape index (κ3) is 0.531. The van der Waals surface area contributed by atoms with Gasteiger partial charge < -0.3 is 5.32 Å². The zero-order valence-corrected chi connectivity index (χ0v) is 7.20. The zero-order valence-electron chi connectivity index (χ0n) is 7.20. The SMILES string of the molecule is CC12CCC(NC1)C2(C)C. The molecule has 1 aliphatic heterocycles. The minimum atomic E-state index is 0.549. The van der Waals surface area contributed by atoms with Crippen LogP contribution in [-0.4, -0.2) is 12.6 Å². The standard InChI is InChI=1S/C9H17N/c1-8(2)7-4-5-9(8,3)6-10-7/h7,10H,4-6H2,1-3H3. The highest BCUT2D eigenvalue weighted by molar-refractivity contribution is 5.10. The van der Waals surface area contributed by atoms with Gasteiger partial charge in [0.25, 0.3) is 0 Å². The molecule has 0 spiro atoms. The molecule has 10 heavy (non-hydrogen) atoms. The van der Waals surface area contributed by atoms with Crippen LogP contribution in [0.2, 0.25) is 0 Å². The van der Waals surface area contributed by atoms with Crippen LogP contribution in [0.1, 0.15) is 33.6 Å². The van der Waals surface area contributed by atoms with Gasteiger partial charge in [-0.1, -0.05) is 20.8 Å². The average molecular weight is 139 g/mol. The van der Waals surface area contributed by atoms with Crippen LogP contribution in [0.3, 0.4) is 0 Å². The first-order valence-electron chi connectivity index (χ1n) is 4.30. The van der Waals surface area contributed by atoms with Crippen LogP contribution in [0.25, 0.3) is 0 Å². The number of hydrogen-bond donors (Lipinski definition) is 1. The van der Waals surface area contributed by atoms with Crippen LogP contribution in [0, 0.1) is 10.8 Å². The molecule has 1 heteroatoms. The molecular weight excluding hydrogens is 122 g/mol. The summed E-state index contributed by atoms with van der Waals surface area (Å²) in [7, 11) is 0. The van der Waals surface area contributed by atoms with Crippen LogP contribution in [0.15, 0.2) is 0 Å². The normalized spacial score (nSPS) is 50.1. The van der Waals surface area contributed by atoms with Gasteiger partial charge in [-0.15, -0.1) is 0 Å². The number of fused-ring (bicyclic) bond motifs is 2. The van der Waals surface area contributed by atoms with Gasteiger partial charge >= 0.3 is 0 Å². The fourth-order valence-corrected chi connectivity index (χ4v) is 2.59. The third-order valence-corrected chi connectivity index (χ3v) is 4.15. The fourth-order valence-electron chi connectivity index (χ4n) is 2.59. The highest BCUT2D eigenvalue weighted by Gasteiger charge is 2.55. The monoisotopic (exact) mass is 139 g/mol. The quantitative estimate of drug-likeness (QED) is 0.539. The Labute approximate surface area is 63.2 Å². The molecule has 2 rings (SSSR count). The van der Waals surface area contributed by atoms with Crippen molar-refractivity contribution in [2.45, 2.75) is 39.7 Å². The maximum atomic E-state index is 3.59. The second-order valence-corrected chi connectivity index (χ2v) is 4.75. The molecule has 2 fully saturated rings. The largest absolute Gasteiger partial charge is 0.313 e. The van der Waals surface area contributed by atoms with Crippen LogP contribution in [0.4, 0.5) is 0 Å². The van der Waals surface area contributed by atoms with Crippen molar-refractivity contribution in [2.24, 2.45) is 10.8 Å². The molecule has 1 N–H and O–H groups in total. The Hall–Kier alpha value is -0.0400. The molecular formula is C9H17N. The molecule has 0 radical (unpaired) electrons. The predicted octanol–water partition coefficient (Wildman–Crippen LogP) is 1.78. The van der Waals surface area contributed by atoms with Crippen molar-refractivity contribution >= 4 is 0 Å². The minimum absolute atomic E-state index is 0.549.